The Morgan fingerprint density at radius 3 is 2.35 bits per heavy atom. The molecule has 0 spiro atoms. The van der Waals surface area contributed by atoms with Crippen LogP contribution < -0.4 is 0 Å². The number of aliphatic carboxylic acids is 1. The quantitative estimate of drug-likeness (QED) is 0.791. The molecule has 1 aliphatic rings. The molecule has 17 heavy (non-hydrogen) atoms. The van der Waals surface area contributed by atoms with Gasteiger partial charge in [0.05, 0.1) is 6.54 Å². The first kappa shape index (κ1) is 14.3. The van der Waals surface area contributed by atoms with Gasteiger partial charge in [-0.2, -0.15) is 13.2 Å². The van der Waals surface area contributed by atoms with Crippen LogP contribution in [0.5, 0.6) is 0 Å². The van der Waals surface area contributed by atoms with Crippen molar-refractivity contribution in [2.75, 3.05) is 13.1 Å². The molecule has 6 heteroatoms. The standard InChI is InChI=1S/C11H18F3NO2/c12-11(13,14)6-3-7-15(8-10(16)17)9-4-1-2-5-9/h9H,1-8H2,(H,16,17). The molecule has 0 aromatic heterocycles. The summed E-state index contributed by atoms with van der Waals surface area (Å²) in [5.74, 6) is -0.969. The van der Waals surface area contributed by atoms with Crippen LogP contribution in [0.15, 0.2) is 0 Å². The molecule has 1 rings (SSSR count). The van der Waals surface area contributed by atoms with Gasteiger partial charge in [-0.15, -0.1) is 0 Å². The lowest BCUT2D eigenvalue weighted by atomic mass is 10.2. The van der Waals surface area contributed by atoms with Gasteiger partial charge in [0.1, 0.15) is 0 Å². The second kappa shape index (κ2) is 6.23. The molecule has 0 heterocycles. The van der Waals surface area contributed by atoms with E-state index >= 15 is 0 Å². The van der Waals surface area contributed by atoms with Crippen LogP contribution in [0.3, 0.4) is 0 Å². The van der Waals surface area contributed by atoms with Crippen LogP contribution in [0.1, 0.15) is 38.5 Å². The number of carboxylic acids is 1. The molecule has 0 atom stereocenters. The average molecular weight is 253 g/mol. The highest BCUT2D eigenvalue weighted by Crippen LogP contribution is 2.25. The molecule has 1 N–H and O–H groups in total. The predicted molar refractivity (Wildman–Crippen MR) is 56.8 cm³/mol. The van der Waals surface area contributed by atoms with Gasteiger partial charge >= 0.3 is 12.1 Å². The van der Waals surface area contributed by atoms with Gasteiger partial charge in [0, 0.05) is 12.5 Å². The molecule has 0 unspecified atom stereocenters. The highest BCUT2D eigenvalue weighted by molar-refractivity contribution is 5.69. The van der Waals surface area contributed by atoms with Crippen molar-refractivity contribution in [1.29, 1.82) is 0 Å². The Kier molecular flexibility index (Phi) is 5.24. The van der Waals surface area contributed by atoms with Crippen molar-refractivity contribution >= 4 is 5.97 Å². The molecule has 0 aliphatic heterocycles. The Morgan fingerprint density at radius 1 is 1.29 bits per heavy atom. The lowest BCUT2D eigenvalue weighted by Gasteiger charge is -2.27. The van der Waals surface area contributed by atoms with Crippen molar-refractivity contribution in [3.05, 3.63) is 0 Å². The molecule has 1 fully saturated rings. The number of hydrogen-bond acceptors (Lipinski definition) is 2. The van der Waals surface area contributed by atoms with Crippen LogP contribution in [0.25, 0.3) is 0 Å². The van der Waals surface area contributed by atoms with Gasteiger partial charge in [0.2, 0.25) is 0 Å². The SMILES string of the molecule is O=C(O)CN(CCCC(F)(F)F)C1CCCC1. The summed E-state index contributed by atoms with van der Waals surface area (Å²) in [6.45, 7) is 0.0685. The first-order valence-electron chi connectivity index (χ1n) is 5.91. The monoisotopic (exact) mass is 253 g/mol. The highest BCUT2D eigenvalue weighted by atomic mass is 19.4. The van der Waals surface area contributed by atoms with E-state index in [9.17, 15) is 18.0 Å². The normalized spacial score (nSPS) is 17.9. The Balaban J connectivity index is 2.37. The molecule has 1 aliphatic carbocycles. The lowest BCUT2D eigenvalue weighted by molar-refractivity contribution is -0.140. The molecule has 0 radical (unpaired) electrons. The first-order chi connectivity index (χ1) is 7.88. The molecule has 3 nitrogen and oxygen atoms in total. The minimum absolute atomic E-state index is 0.0206. The maximum atomic E-state index is 12.0. The summed E-state index contributed by atoms with van der Waals surface area (Å²) < 4.78 is 36.0. The molecule has 0 aromatic carbocycles. The van der Waals surface area contributed by atoms with Gasteiger partial charge in [-0.25, -0.2) is 0 Å². The van der Waals surface area contributed by atoms with Crippen molar-refractivity contribution in [1.82, 2.24) is 4.90 Å². The topological polar surface area (TPSA) is 40.5 Å². The van der Waals surface area contributed by atoms with Crippen molar-refractivity contribution in [3.8, 4) is 0 Å². The number of hydrogen-bond donors (Lipinski definition) is 1. The lowest BCUT2D eigenvalue weighted by Crippen LogP contribution is -2.38. The maximum Gasteiger partial charge on any atom is 0.389 e. The maximum absolute atomic E-state index is 12.0. The largest absolute Gasteiger partial charge is 0.480 e. The van der Waals surface area contributed by atoms with Gasteiger partial charge in [-0.05, 0) is 25.8 Å². The van der Waals surface area contributed by atoms with E-state index in [0.717, 1.165) is 25.7 Å². The fourth-order valence-corrected chi connectivity index (χ4v) is 2.32. The van der Waals surface area contributed by atoms with Gasteiger partial charge in [0.15, 0.2) is 0 Å². The van der Waals surface area contributed by atoms with E-state index in [-0.39, 0.29) is 25.6 Å². The third kappa shape index (κ3) is 5.91. The first-order valence-corrected chi connectivity index (χ1v) is 5.91. The zero-order valence-electron chi connectivity index (χ0n) is 9.67. The van der Waals surface area contributed by atoms with Crippen LogP contribution in [0, 0.1) is 0 Å². The summed E-state index contributed by atoms with van der Waals surface area (Å²) in [5.41, 5.74) is 0. The second-order valence-corrected chi connectivity index (χ2v) is 4.52. The Morgan fingerprint density at radius 2 is 1.88 bits per heavy atom. The molecule has 0 saturated heterocycles. The van der Waals surface area contributed by atoms with E-state index in [2.05, 4.69) is 0 Å². The second-order valence-electron chi connectivity index (χ2n) is 4.52. The molecule has 0 aromatic rings. The molecule has 0 amide bonds. The number of carbonyl (C=O) groups is 1. The number of alkyl halides is 3. The molecule has 1 saturated carbocycles. The number of rotatable bonds is 6. The van der Waals surface area contributed by atoms with E-state index in [0.29, 0.717) is 0 Å². The minimum atomic E-state index is -4.15. The fourth-order valence-electron chi connectivity index (χ4n) is 2.32. The zero-order valence-corrected chi connectivity index (χ0v) is 9.67. The van der Waals surface area contributed by atoms with Crippen LogP contribution in [0.4, 0.5) is 13.2 Å². The molecule has 100 valence electrons. The summed E-state index contributed by atoms with van der Waals surface area (Å²) in [6.07, 6.45) is -1.12. The summed E-state index contributed by atoms with van der Waals surface area (Å²) in [5, 5.41) is 8.74. The van der Waals surface area contributed by atoms with Gasteiger partial charge in [-0.1, -0.05) is 12.8 Å². The van der Waals surface area contributed by atoms with Crippen molar-refractivity contribution in [2.24, 2.45) is 0 Å². The minimum Gasteiger partial charge on any atom is -0.480 e. The summed E-state index contributed by atoms with van der Waals surface area (Å²) in [7, 11) is 0. The fraction of sp³-hybridized carbons (Fsp3) is 0.909. The average Bonchev–Trinajstić information content (AvgIpc) is 2.66. The predicted octanol–water partition coefficient (Wildman–Crippen LogP) is 2.66. The van der Waals surface area contributed by atoms with Gasteiger partial charge < -0.3 is 5.11 Å². The van der Waals surface area contributed by atoms with Crippen LogP contribution in [-0.4, -0.2) is 41.3 Å². The van der Waals surface area contributed by atoms with Crippen molar-refractivity contribution in [3.63, 3.8) is 0 Å². The van der Waals surface area contributed by atoms with E-state index in [4.69, 9.17) is 5.11 Å². The Labute approximate surface area is 98.6 Å². The van der Waals surface area contributed by atoms with Crippen molar-refractivity contribution < 1.29 is 23.1 Å². The third-order valence-corrected chi connectivity index (χ3v) is 3.09. The molecular formula is C11H18F3NO2. The van der Waals surface area contributed by atoms with Crippen LogP contribution >= 0.6 is 0 Å². The van der Waals surface area contributed by atoms with Crippen molar-refractivity contribution in [2.45, 2.75) is 50.7 Å². The van der Waals surface area contributed by atoms with Crippen LogP contribution in [-0.2, 0) is 4.79 Å². The third-order valence-electron chi connectivity index (χ3n) is 3.09. The highest BCUT2D eigenvalue weighted by Gasteiger charge is 2.28. The summed E-state index contributed by atoms with van der Waals surface area (Å²) in [6, 6.07) is 0.152. The van der Waals surface area contributed by atoms with E-state index in [1.54, 1.807) is 4.90 Å². The molecule has 0 bridgehead atoms. The zero-order chi connectivity index (χ0) is 12.9. The number of carboxylic acid groups (broad SMARTS) is 1. The van der Waals surface area contributed by atoms with E-state index in [1.165, 1.54) is 0 Å². The van der Waals surface area contributed by atoms with E-state index < -0.39 is 18.6 Å². The molecular weight excluding hydrogens is 235 g/mol. The van der Waals surface area contributed by atoms with Crippen LogP contribution in [0.2, 0.25) is 0 Å². The van der Waals surface area contributed by atoms with Gasteiger partial charge in [0.25, 0.3) is 0 Å². The summed E-state index contributed by atoms with van der Waals surface area (Å²) in [4.78, 5) is 12.3. The number of nitrogens with zero attached hydrogens (tertiary/aromatic N) is 1. The van der Waals surface area contributed by atoms with Gasteiger partial charge in [-0.3, -0.25) is 9.69 Å². The Bertz CT molecular complexity index is 250. The summed E-state index contributed by atoms with van der Waals surface area (Å²) >= 11 is 0. The van der Waals surface area contributed by atoms with E-state index in [1.807, 2.05) is 0 Å². The Hall–Kier alpha value is -0.780. The smallest absolute Gasteiger partial charge is 0.389 e. The number of halogens is 3.